The first kappa shape index (κ1) is 27.6. The van der Waals surface area contributed by atoms with Crippen LogP contribution in [-0.2, 0) is 24.0 Å². The fourth-order valence-corrected chi connectivity index (χ4v) is 2.45. The molecule has 31 heavy (non-hydrogen) atoms. The molecule has 3 atom stereocenters. The Labute approximate surface area is 179 Å². The highest BCUT2D eigenvalue weighted by molar-refractivity contribution is 5.94. The van der Waals surface area contributed by atoms with Crippen LogP contribution in [0.3, 0.4) is 0 Å². The topological polar surface area (TPSA) is 252 Å². The van der Waals surface area contributed by atoms with Crippen molar-refractivity contribution in [1.29, 1.82) is 0 Å². The van der Waals surface area contributed by atoms with Gasteiger partial charge in [-0.3, -0.25) is 24.2 Å². The lowest BCUT2D eigenvalue weighted by atomic mass is 10.0. The number of carboxylic acid groups (broad SMARTS) is 2. The smallest absolute Gasteiger partial charge is 0.326 e. The third kappa shape index (κ3) is 11.4. The Morgan fingerprint density at radius 3 is 2.00 bits per heavy atom. The predicted octanol–water partition coefficient (Wildman–Crippen LogP) is -3.33. The Morgan fingerprint density at radius 2 is 1.55 bits per heavy atom. The second kappa shape index (κ2) is 13.7. The minimum absolute atomic E-state index is 0.127. The maximum atomic E-state index is 12.7. The standard InChI is InChI=1S/C17H31N7O7/c1-8(2)13(15(29)23-10(16(30)31)6-12(26)27)24-14(28)9(22-11(25)7-18)4-3-5-21-17(19)20/h8-10,13H,3-7,18H2,1-2H3,(H,22,25)(H,23,29)(H,24,28)(H,26,27)(H,30,31)(H4,19,20,21). The maximum absolute atomic E-state index is 12.7. The fourth-order valence-electron chi connectivity index (χ4n) is 2.45. The van der Waals surface area contributed by atoms with E-state index in [0.717, 1.165) is 0 Å². The van der Waals surface area contributed by atoms with E-state index in [4.69, 9.17) is 27.4 Å². The quantitative estimate of drug-likeness (QED) is 0.0749. The Balaban J connectivity index is 5.31. The Kier molecular flexibility index (Phi) is 12.2. The molecular formula is C17H31N7O7. The molecule has 0 aliphatic carbocycles. The molecule has 14 heteroatoms. The summed E-state index contributed by atoms with van der Waals surface area (Å²) in [6, 6.07) is -3.90. The van der Waals surface area contributed by atoms with Gasteiger partial charge in [-0.2, -0.15) is 0 Å². The van der Waals surface area contributed by atoms with Crippen molar-refractivity contribution in [2.45, 2.75) is 51.2 Å². The van der Waals surface area contributed by atoms with Crippen molar-refractivity contribution in [1.82, 2.24) is 16.0 Å². The molecule has 0 aromatic heterocycles. The summed E-state index contributed by atoms with van der Waals surface area (Å²) in [6.07, 6.45) is -0.365. The van der Waals surface area contributed by atoms with Crippen molar-refractivity contribution in [3.05, 3.63) is 0 Å². The zero-order chi connectivity index (χ0) is 24.1. The first-order chi connectivity index (χ1) is 14.4. The van der Waals surface area contributed by atoms with Crippen LogP contribution in [0.5, 0.6) is 0 Å². The molecule has 11 N–H and O–H groups in total. The average Bonchev–Trinajstić information content (AvgIpc) is 2.66. The molecule has 0 aliphatic rings. The minimum atomic E-state index is -1.67. The number of amides is 3. The normalized spacial score (nSPS) is 13.4. The van der Waals surface area contributed by atoms with Gasteiger partial charge in [-0.15, -0.1) is 0 Å². The van der Waals surface area contributed by atoms with Gasteiger partial charge in [0.25, 0.3) is 0 Å². The van der Waals surface area contributed by atoms with Gasteiger partial charge in [0, 0.05) is 6.54 Å². The van der Waals surface area contributed by atoms with Crippen molar-refractivity contribution in [3.8, 4) is 0 Å². The highest BCUT2D eigenvalue weighted by atomic mass is 16.4. The van der Waals surface area contributed by atoms with Crippen LogP contribution in [0.2, 0.25) is 0 Å². The van der Waals surface area contributed by atoms with E-state index in [9.17, 15) is 24.0 Å². The van der Waals surface area contributed by atoms with E-state index >= 15 is 0 Å². The van der Waals surface area contributed by atoms with E-state index < -0.39 is 60.1 Å². The molecule has 0 saturated heterocycles. The van der Waals surface area contributed by atoms with Gasteiger partial charge in [-0.25, -0.2) is 4.79 Å². The van der Waals surface area contributed by atoms with Crippen molar-refractivity contribution in [2.24, 2.45) is 28.1 Å². The molecule has 0 fully saturated rings. The number of guanidine groups is 1. The highest BCUT2D eigenvalue weighted by Crippen LogP contribution is 2.06. The average molecular weight is 445 g/mol. The number of hydrogen-bond acceptors (Lipinski definition) is 7. The number of aliphatic carboxylic acids is 2. The third-order valence-corrected chi connectivity index (χ3v) is 4.02. The summed E-state index contributed by atoms with van der Waals surface area (Å²) in [5.74, 6) is -5.72. The number of hydrogen-bond donors (Lipinski definition) is 8. The number of nitrogens with zero attached hydrogens (tertiary/aromatic N) is 1. The molecule has 0 rings (SSSR count). The number of nitrogens with one attached hydrogen (secondary N) is 3. The molecule has 0 aliphatic heterocycles. The first-order valence-corrected chi connectivity index (χ1v) is 9.49. The molecule has 0 radical (unpaired) electrons. The predicted molar refractivity (Wildman–Crippen MR) is 109 cm³/mol. The number of carbonyl (C=O) groups is 5. The number of carbonyl (C=O) groups excluding carboxylic acids is 3. The largest absolute Gasteiger partial charge is 0.481 e. The van der Waals surface area contributed by atoms with Gasteiger partial charge >= 0.3 is 11.9 Å². The first-order valence-electron chi connectivity index (χ1n) is 9.49. The van der Waals surface area contributed by atoms with E-state index in [1.54, 1.807) is 13.8 Å². The minimum Gasteiger partial charge on any atom is -0.481 e. The van der Waals surface area contributed by atoms with E-state index in [1.807, 2.05) is 0 Å². The van der Waals surface area contributed by atoms with Crippen LogP contribution in [0.15, 0.2) is 4.99 Å². The highest BCUT2D eigenvalue weighted by Gasteiger charge is 2.31. The zero-order valence-corrected chi connectivity index (χ0v) is 17.5. The molecule has 0 aromatic carbocycles. The van der Waals surface area contributed by atoms with Crippen LogP contribution in [0.1, 0.15) is 33.1 Å². The van der Waals surface area contributed by atoms with E-state index in [-0.39, 0.29) is 25.5 Å². The molecule has 0 bridgehead atoms. The summed E-state index contributed by atoms with van der Waals surface area (Å²) >= 11 is 0. The molecule has 0 aromatic rings. The summed E-state index contributed by atoms with van der Waals surface area (Å²) in [5.41, 5.74) is 15.7. The lowest BCUT2D eigenvalue weighted by Gasteiger charge is -2.26. The molecule has 176 valence electrons. The van der Waals surface area contributed by atoms with Crippen LogP contribution in [-0.4, -0.2) is 77.0 Å². The van der Waals surface area contributed by atoms with Gasteiger partial charge in [0.15, 0.2) is 5.96 Å². The van der Waals surface area contributed by atoms with Crippen LogP contribution in [0, 0.1) is 5.92 Å². The summed E-state index contributed by atoms with van der Waals surface area (Å²) in [7, 11) is 0. The molecule has 3 amide bonds. The number of rotatable bonds is 14. The fraction of sp³-hybridized carbons (Fsp3) is 0.647. The van der Waals surface area contributed by atoms with Gasteiger partial charge < -0.3 is 43.4 Å². The Bertz CT molecular complexity index is 692. The zero-order valence-electron chi connectivity index (χ0n) is 17.5. The van der Waals surface area contributed by atoms with Crippen molar-refractivity contribution < 1.29 is 34.2 Å². The van der Waals surface area contributed by atoms with E-state index in [2.05, 4.69) is 20.9 Å². The lowest BCUT2D eigenvalue weighted by molar-refractivity contribution is -0.147. The Hall–Kier alpha value is -3.42. The maximum Gasteiger partial charge on any atom is 0.326 e. The second-order valence-electron chi connectivity index (χ2n) is 7.00. The van der Waals surface area contributed by atoms with E-state index in [1.165, 1.54) is 0 Å². The lowest BCUT2D eigenvalue weighted by Crippen LogP contribution is -2.58. The SMILES string of the molecule is CC(C)C(NC(=O)C(CCCN=C(N)N)NC(=O)CN)C(=O)NC(CC(=O)O)C(=O)O. The molecular weight excluding hydrogens is 414 g/mol. The Morgan fingerprint density at radius 1 is 0.935 bits per heavy atom. The van der Waals surface area contributed by atoms with Crippen molar-refractivity contribution in [3.63, 3.8) is 0 Å². The van der Waals surface area contributed by atoms with E-state index in [0.29, 0.717) is 6.42 Å². The summed E-state index contributed by atoms with van der Waals surface area (Å²) in [6.45, 7) is 3.04. The summed E-state index contributed by atoms with van der Waals surface area (Å²) in [4.78, 5) is 62.7. The molecule has 3 unspecified atom stereocenters. The molecule has 14 nitrogen and oxygen atoms in total. The second-order valence-corrected chi connectivity index (χ2v) is 7.00. The summed E-state index contributed by atoms with van der Waals surface area (Å²) < 4.78 is 0. The monoisotopic (exact) mass is 445 g/mol. The number of nitrogens with two attached hydrogens (primary N) is 3. The molecule has 0 spiro atoms. The van der Waals surface area contributed by atoms with Crippen LogP contribution < -0.4 is 33.2 Å². The van der Waals surface area contributed by atoms with Gasteiger partial charge in [0.05, 0.1) is 13.0 Å². The van der Waals surface area contributed by atoms with Gasteiger partial charge in [-0.05, 0) is 18.8 Å². The van der Waals surface area contributed by atoms with Gasteiger partial charge in [-0.1, -0.05) is 13.8 Å². The van der Waals surface area contributed by atoms with Crippen LogP contribution >= 0.6 is 0 Å². The molecule has 0 saturated carbocycles. The van der Waals surface area contributed by atoms with Crippen molar-refractivity contribution in [2.75, 3.05) is 13.1 Å². The van der Waals surface area contributed by atoms with Crippen molar-refractivity contribution >= 4 is 35.6 Å². The number of aliphatic imine (C=N–C) groups is 1. The molecule has 0 heterocycles. The van der Waals surface area contributed by atoms with Crippen LogP contribution in [0.25, 0.3) is 0 Å². The van der Waals surface area contributed by atoms with Gasteiger partial charge in [0.2, 0.25) is 17.7 Å². The third-order valence-electron chi connectivity index (χ3n) is 4.02. The van der Waals surface area contributed by atoms with Gasteiger partial charge in [0.1, 0.15) is 18.1 Å². The number of carboxylic acids is 2. The summed E-state index contributed by atoms with van der Waals surface area (Å²) in [5, 5.41) is 24.9. The van der Waals surface area contributed by atoms with Crippen LogP contribution in [0.4, 0.5) is 0 Å².